The lowest BCUT2D eigenvalue weighted by atomic mass is 10.0. The molecule has 9 rings (SSSR count). The molecule has 2 saturated heterocycles. The standard InChI is InChI=1S/C46H51FN8O5/c1-6-26(4)59-31-11-7-10-28(19-31)45-55-36-15-14-27(34-23-50-43(52-34)37-13-9-17-54(37)44(56)41(25(2)3)53-46(57)58-5)18-30(36)21-38(55)40-32(47)20-29(22-39(40)60-45)35-24-49-42(51-35)33-12-8-16-48-33/h7,10-11,14-15,18-26,33,37,41,45,48H,6,8-9,12-13,16-17H2,1-5H3,(H,49,51)(H,50,52)(H,53,57). The number of ether oxygens (including phenoxy) is 3. The fraction of sp³-hybridized carbons (Fsp3) is 0.391. The van der Waals surface area contributed by atoms with Crippen LogP contribution in [0.25, 0.3) is 44.7 Å². The molecule has 0 saturated carbocycles. The lowest BCUT2D eigenvalue weighted by Crippen LogP contribution is -2.51. The second-order valence-corrected chi connectivity index (χ2v) is 16.4. The fourth-order valence-corrected chi connectivity index (χ4v) is 8.80. The van der Waals surface area contributed by atoms with E-state index in [1.807, 2.05) is 69.3 Å². The molecular formula is C46H51FN8O5. The van der Waals surface area contributed by atoms with Crippen LogP contribution in [-0.4, -0.2) is 73.7 Å². The van der Waals surface area contributed by atoms with Gasteiger partial charge in [0.25, 0.3) is 0 Å². The molecule has 13 nitrogen and oxygen atoms in total. The molecule has 5 atom stereocenters. The molecule has 3 aromatic heterocycles. The number of aromatic amines is 2. The molecule has 0 spiro atoms. The van der Waals surface area contributed by atoms with E-state index in [2.05, 4.69) is 43.1 Å². The van der Waals surface area contributed by atoms with Crippen LogP contribution in [0.2, 0.25) is 0 Å². The molecule has 4 N–H and O–H groups in total. The first-order valence-corrected chi connectivity index (χ1v) is 21.0. The smallest absolute Gasteiger partial charge is 0.407 e. The third-order valence-corrected chi connectivity index (χ3v) is 12.1. The van der Waals surface area contributed by atoms with Gasteiger partial charge in [0.15, 0.2) is 0 Å². The summed E-state index contributed by atoms with van der Waals surface area (Å²) >= 11 is 0. The highest BCUT2D eigenvalue weighted by Gasteiger charge is 2.38. The number of carbonyl (C=O) groups excluding carboxylic acids is 2. The first kappa shape index (κ1) is 39.3. The number of aromatic nitrogens is 5. The number of imidazole rings is 2. The molecule has 0 bridgehead atoms. The molecule has 3 aliphatic rings. The molecule has 0 radical (unpaired) electrons. The number of nitrogens with zero attached hydrogens (tertiary/aromatic N) is 4. The number of hydrogen-bond donors (Lipinski definition) is 4. The van der Waals surface area contributed by atoms with Gasteiger partial charge in [-0.05, 0) is 94.0 Å². The van der Waals surface area contributed by atoms with Crippen LogP contribution in [0.4, 0.5) is 9.18 Å². The Bertz CT molecular complexity index is 2550. The zero-order valence-corrected chi connectivity index (χ0v) is 34.6. The molecule has 2 fully saturated rings. The lowest BCUT2D eigenvalue weighted by Gasteiger charge is -2.31. The predicted octanol–water partition coefficient (Wildman–Crippen LogP) is 8.81. The van der Waals surface area contributed by atoms with Crippen molar-refractivity contribution in [2.45, 2.75) is 90.3 Å². The molecule has 60 heavy (non-hydrogen) atoms. The highest BCUT2D eigenvalue weighted by atomic mass is 19.1. The Kier molecular flexibility index (Phi) is 10.6. The summed E-state index contributed by atoms with van der Waals surface area (Å²) in [6.07, 6.45) is 6.82. The van der Waals surface area contributed by atoms with E-state index in [1.54, 1.807) is 23.4 Å². The third-order valence-electron chi connectivity index (χ3n) is 12.1. The van der Waals surface area contributed by atoms with Gasteiger partial charge in [-0.3, -0.25) is 4.79 Å². The number of rotatable bonds is 11. The predicted molar refractivity (Wildman–Crippen MR) is 226 cm³/mol. The van der Waals surface area contributed by atoms with Gasteiger partial charge in [0, 0.05) is 28.6 Å². The topological polar surface area (TPSA) is 151 Å². The van der Waals surface area contributed by atoms with Crippen molar-refractivity contribution in [3.63, 3.8) is 0 Å². The number of halogens is 1. The highest BCUT2D eigenvalue weighted by molar-refractivity contribution is 5.93. The molecule has 14 heteroatoms. The quantitative estimate of drug-likeness (QED) is 0.101. The second-order valence-electron chi connectivity index (χ2n) is 16.4. The maximum Gasteiger partial charge on any atom is 0.407 e. The molecule has 0 aliphatic carbocycles. The van der Waals surface area contributed by atoms with Crippen LogP contribution in [0.5, 0.6) is 11.5 Å². The minimum Gasteiger partial charge on any atom is -0.491 e. The number of H-pyrrole nitrogens is 2. The van der Waals surface area contributed by atoms with E-state index in [0.29, 0.717) is 34.9 Å². The molecule has 2 amide bonds. The average molecular weight is 815 g/mol. The van der Waals surface area contributed by atoms with Gasteiger partial charge in [-0.1, -0.05) is 39.0 Å². The van der Waals surface area contributed by atoms with Crippen LogP contribution in [0.3, 0.4) is 0 Å². The average Bonchev–Trinajstić information content (AvgIpc) is 4.10. The van der Waals surface area contributed by atoms with Crippen molar-refractivity contribution in [3.8, 4) is 45.3 Å². The summed E-state index contributed by atoms with van der Waals surface area (Å²) in [5.41, 5.74) is 5.85. The number of fused-ring (bicyclic) bond motifs is 5. The Morgan fingerprint density at radius 2 is 1.77 bits per heavy atom. The summed E-state index contributed by atoms with van der Waals surface area (Å²) in [6.45, 7) is 9.43. The SMILES string of the molecule is CCC(C)Oc1cccc(C2Oc3cc(-c4cnc(C5CCCN5)[nH]4)cc(F)c3-c3cc4cc(-c5cnc(C6CCCN6C(=O)C(NC(=O)OC)C(C)C)[nH]5)ccc4n32)c1. The van der Waals surface area contributed by atoms with E-state index in [0.717, 1.165) is 83.6 Å². The molecule has 312 valence electrons. The second kappa shape index (κ2) is 16.1. The molecular weight excluding hydrogens is 764 g/mol. The van der Waals surface area contributed by atoms with Crippen LogP contribution < -0.4 is 20.1 Å². The van der Waals surface area contributed by atoms with Crippen LogP contribution in [0.1, 0.15) is 95.3 Å². The molecule has 3 aromatic carbocycles. The number of benzene rings is 3. The molecule has 5 unspecified atom stereocenters. The van der Waals surface area contributed by atoms with Gasteiger partial charge in [0.2, 0.25) is 12.1 Å². The highest BCUT2D eigenvalue weighted by Crippen LogP contribution is 2.48. The summed E-state index contributed by atoms with van der Waals surface area (Å²) in [7, 11) is 1.29. The Morgan fingerprint density at radius 1 is 0.967 bits per heavy atom. The summed E-state index contributed by atoms with van der Waals surface area (Å²) in [5.74, 6) is 1.99. The van der Waals surface area contributed by atoms with Crippen LogP contribution in [0, 0.1) is 11.7 Å². The van der Waals surface area contributed by atoms with E-state index >= 15 is 4.39 Å². The van der Waals surface area contributed by atoms with Crippen LogP contribution in [-0.2, 0) is 9.53 Å². The van der Waals surface area contributed by atoms with Crippen molar-refractivity contribution in [2.75, 3.05) is 20.2 Å². The maximum absolute atomic E-state index is 16.6. The summed E-state index contributed by atoms with van der Waals surface area (Å²) in [5, 5.41) is 7.08. The monoisotopic (exact) mass is 814 g/mol. The zero-order chi connectivity index (χ0) is 41.7. The van der Waals surface area contributed by atoms with Crippen molar-refractivity contribution in [1.29, 1.82) is 0 Å². The van der Waals surface area contributed by atoms with Crippen LogP contribution >= 0.6 is 0 Å². The van der Waals surface area contributed by atoms with E-state index in [4.69, 9.17) is 19.2 Å². The number of methoxy groups -OCH3 is 1. The summed E-state index contributed by atoms with van der Waals surface area (Å²) in [4.78, 5) is 44.0. The minimum atomic E-state index is -0.725. The fourth-order valence-electron chi connectivity index (χ4n) is 8.80. The van der Waals surface area contributed by atoms with Crippen molar-refractivity contribution in [3.05, 3.63) is 96.1 Å². The summed E-state index contributed by atoms with van der Waals surface area (Å²) in [6, 6.07) is 18.7. The van der Waals surface area contributed by atoms with Gasteiger partial charge >= 0.3 is 6.09 Å². The van der Waals surface area contributed by atoms with Gasteiger partial charge in [0.1, 0.15) is 35.0 Å². The zero-order valence-electron chi connectivity index (χ0n) is 34.6. The Balaban J connectivity index is 1.08. The Labute approximate surface area is 348 Å². The van der Waals surface area contributed by atoms with Crippen molar-refractivity contribution < 1.29 is 28.2 Å². The van der Waals surface area contributed by atoms with E-state index < -0.39 is 24.2 Å². The van der Waals surface area contributed by atoms with Gasteiger partial charge in [-0.2, -0.15) is 0 Å². The van der Waals surface area contributed by atoms with E-state index in [9.17, 15) is 9.59 Å². The number of alkyl carbamates (subject to hydrolysis) is 1. The number of amides is 2. The van der Waals surface area contributed by atoms with Crippen molar-refractivity contribution in [2.24, 2.45) is 5.92 Å². The minimum absolute atomic E-state index is 0.0331. The van der Waals surface area contributed by atoms with Gasteiger partial charge in [0.05, 0.1) is 65.9 Å². The van der Waals surface area contributed by atoms with E-state index in [1.165, 1.54) is 7.11 Å². The maximum atomic E-state index is 16.6. The molecule has 6 heterocycles. The largest absolute Gasteiger partial charge is 0.491 e. The first-order chi connectivity index (χ1) is 29.1. The molecule has 3 aliphatic heterocycles. The van der Waals surface area contributed by atoms with Gasteiger partial charge < -0.3 is 44.3 Å². The van der Waals surface area contributed by atoms with Crippen molar-refractivity contribution >= 4 is 22.9 Å². The number of carbonyl (C=O) groups is 2. The normalized spacial score (nSPS) is 19.5. The van der Waals surface area contributed by atoms with E-state index in [-0.39, 0.29) is 30.0 Å². The summed E-state index contributed by atoms with van der Waals surface area (Å²) < 4.78 is 36.6. The van der Waals surface area contributed by atoms with Gasteiger partial charge in [-0.25, -0.2) is 19.2 Å². The first-order valence-electron chi connectivity index (χ1n) is 21.0. The Morgan fingerprint density at radius 3 is 2.53 bits per heavy atom. The van der Waals surface area contributed by atoms with Crippen LogP contribution in [0.15, 0.2) is 73.1 Å². The number of hydrogen-bond acceptors (Lipinski definition) is 8. The lowest BCUT2D eigenvalue weighted by molar-refractivity contribution is -0.135. The Hall–Kier alpha value is -6.15. The number of likely N-dealkylation sites (tertiary alicyclic amines) is 1. The molecule has 6 aromatic rings. The van der Waals surface area contributed by atoms with Gasteiger partial charge in [-0.15, -0.1) is 0 Å². The number of nitrogens with one attached hydrogen (secondary N) is 4. The van der Waals surface area contributed by atoms with Crippen molar-refractivity contribution in [1.82, 2.24) is 40.0 Å². The third kappa shape index (κ3) is 7.26.